The van der Waals surface area contributed by atoms with Gasteiger partial charge in [-0.05, 0) is 49.5 Å². The van der Waals surface area contributed by atoms with Crippen LogP contribution >= 0.6 is 15.9 Å². The van der Waals surface area contributed by atoms with E-state index in [4.69, 9.17) is 0 Å². The molecule has 0 N–H and O–H groups in total. The fraction of sp³-hybridized carbons (Fsp3) is 1.00. The summed E-state index contributed by atoms with van der Waals surface area (Å²) < 4.78 is 0. The molecule has 3 fully saturated rings. The summed E-state index contributed by atoms with van der Waals surface area (Å²) in [4.78, 5) is 2.85. The largest absolute Gasteiger partial charge is 0.302 e. The van der Waals surface area contributed by atoms with Gasteiger partial charge in [-0.2, -0.15) is 0 Å². The van der Waals surface area contributed by atoms with Crippen molar-refractivity contribution in [1.29, 1.82) is 0 Å². The Morgan fingerprint density at radius 1 is 0.850 bits per heavy atom. The van der Waals surface area contributed by atoms with Crippen molar-refractivity contribution in [3.8, 4) is 0 Å². The van der Waals surface area contributed by atoms with Crippen molar-refractivity contribution >= 4 is 15.9 Å². The predicted molar refractivity (Wildman–Crippen MR) is 90.4 cm³/mol. The molecule has 0 aromatic rings. The number of piperidine rings is 1. The summed E-state index contributed by atoms with van der Waals surface area (Å²) in [5.41, 5.74) is 0.595. The van der Waals surface area contributed by atoms with Crippen molar-refractivity contribution in [2.45, 2.75) is 70.6 Å². The number of likely N-dealkylation sites (tertiary alicyclic amines) is 1. The van der Waals surface area contributed by atoms with Gasteiger partial charge in [-0.3, -0.25) is 0 Å². The predicted octanol–water partition coefficient (Wildman–Crippen LogP) is 5.23. The van der Waals surface area contributed by atoms with Crippen LogP contribution in [0.25, 0.3) is 0 Å². The molecule has 0 aromatic heterocycles. The Morgan fingerprint density at radius 3 is 2.25 bits per heavy atom. The second-order valence-electron chi connectivity index (χ2n) is 7.88. The van der Waals surface area contributed by atoms with Gasteiger partial charge in [-0.1, -0.05) is 60.9 Å². The smallest absolute Gasteiger partial charge is 0.0100 e. The van der Waals surface area contributed by atoms with Gasteiger partial charge in [0.15, 0.2) is 0 Å². The first-order valence-electron chi connectivity index (χ1n) is 9.10. The first-order valence-corrected chi connectivity index (χ1v) is 10.2. The minimum Gasteiger partial charge on any atom is -0.302 e. The highest BCUT2D eigenvalue weighted by Crippen LogP contribution is 2.41. The lowest BCUT2D eigenvalue weighted by molar-refractivity contribution is 0.0531. The number of hydrogen-bond donors (Lipinski definition) is 0. The van der Waals surface area contributed by atoms with Crippen LogP contribution in [0.1, 0.15) is 70.6 Å². The van der Waals surface area contributed by atoms with E-state index in [0.29, 0.717) is 5.41 Å². The molecule has 2 atom stereocenters. The second kappa shape index (κ2) is 7.13. The Morgan fingerprint density at radius 2 is 1.55 bits per heavy atom. The van der Waals surface area contributed by atoms with Crippen LogP contribution in [-0.4, -0.2) is 29.9 Å². The molecule has 116 valence electrons. The van der Waals surface area contributed by atoms with Crippen molar-refractivity contribution in [2.24, 2.45) is 17.3 Å². The molecule has 2 aliphatic carbocycles. The fourth-order valence-electron chi connectivity index (χ4n) is 5.11. The molecule has 0 amide bonds. The average molecular weight is 342 g/mol. The molecule has 2 heteroatoms. The van der Waals surface area contributed by atoms with E-state index in [0.717, 1.165) is 11.8 Å². The Kier molecular flexibility index (Phi) is 5.47. The van der Waals surface area contributed by atoms with Gasteiger partial charge in [-0.15, -0.1) is 0 Å². The molecule has 3 rings (SSSR count). The summed E-state index contributed by atoms with van der Waals surface area (Å²) in [5, 5.41) is 1.23. The summed E-state index contributed by atoms with van der Waals surface area (Å²) in [6.45, 7) is 4.18. The zero-order valence-electron chi connectivity index (χ0n) is 13.1. The minimum atomic E-state index is 0.595. The Bertz CT molecular complexity index is 296. The van der Waals surface area contributed by atoms with E-state index in [9.17, 15) is 0 Å². The quantitative estimate of drug-likeness (QED) is 0.501. The van der Waals surface area contributed by atoms with Gasteiger partial charge in [0, 0.05) is 18.4 Å². The molecule has 2 saturated carbocycles. The lowest BCUT2D eigenvalue weighted by Crippen LogP contribution is -2.47. The maximum absolute atomic E-state index is 3.87. The summed E-state index contributed by atoms with van der Waals surface area (Å²) in [7, 11) is 0. The lowest BCUT2D eigenvalue weighted by Gasteiger charge is -2.45. The zero-order valence-corrected chi connectivity index (χ0v) is 14.7. The van der Waals surface area contributed by atoms with Crippen LogP contribution in [0.5, 0.6) is 0 Å². The normalized spacial score (nSPS) is 35.2. The molecular weight excluding hydrogens is 310 g/mol. The minimum absolute atomic E-state index is 0.595. The standard InChI is InChI=1S/C18H32BrN/c19-14-18(10-5-1-2-6-11-18)15-20-12-9-16-7-3-4-8-17(16)13-20/h16-17H,1-15H2. The maximum atomic E-state index is 3.87. The maximum Gasteiger partial charge on any atom is 0.0100 e. The van der Waals surface area contributed by atoms with Crippen molar-refractivity contribution in [2.75, 3.05) is 25.0 Å². The molecule has 0 bridgehead atoms. The van der Waals surface area contributed by atoms with Gasteiger partial charge < -0.3 is 4.90 Å². The molecule has 2 unspecified atom stereocenters. The van der Waals surface area contributed by atoms with E-state index < -0.39 is 0 Å². The number of alkyl halides is 1. The Labute approximate surface area is 134 Å². The third-order valence-corrected chi connectivity index (χ3v) is 7.57. The van der Waals surface area contributed by atoms with E-state index in [1.54, 1.807) is 0 Å². The third kappa shape index (κ3) is 3.61. The van der Waals surface area contributed by atoms with Crippen LogP contribution in [-0.2, 0) is 0 Å². The molecule has 1 nitrogen and oxygen atoms in total. The summed E-state index contributed by atoms with van der Waals surface area (Å²) >= 11 is 3.87. The van der Waals surface area contributed by atoms with Gasteiger partial charge in [0.05, 0.1) is 0 Å². The van der Waals surface area contributed by atoms with Crippen LogP contribution in [0.2, 0.25) is 0 Å². The number of nitrogens with zero attached hydrogens (tertiary/aromatic N) is 1. The molecule has 0 aromatic carbocycles. The van der Waals surface area contributed by atoms with Gasteiger partial charge >= 0.3 is 0 Å². The van der Waals surface area contributed by atoms with Gasteiger partial charge in [-0.25, -0.2) is 0 Å². The molecular formula is C18H32BrN. The van der Waals surface area contributed by atoms with Gasteiger partial charge in [0.2, 0.25) is 0 Å². The van der Waals surface area contributed by atoms with Gasteiger partial charge in [0.25, 0.3) is 0 Å². The molecule has 20 heavy (non-hydrogen) atoms. The van der Waals surface area contributed by atoms with E-state index in [-0.39, 0.29) is 0 Å². The van der Waals surface area contributed by atoms with E-state index in [1.165, 1.54) is 95.6 Å². The van der Waals surface area contributed by atoms with Crippen LogP contribution in [0.3, 0.4) is 0 Å². The third-order valence-electron chi connectivity index (χ3n) is 6.38. The van der Waals surface area contributed by atoms with Crippen LogP contribution in [0, 0.1) is 17.3 Å². The Balaban J connectivity index is 1.58. The highest BCUT2D eigenvalue weighted by atomic mass is 79.9. The monoisotopic (exact) mass is 341 g/mol. The Hall–Kier alpha value is 0.440. The van der Waals surface area contributed by atoms with E-state index in [1.807, 2.05) is 0 Å². The highest BCUT2D eigenvalue weighted by Gasteiger charge is 2.36. The van der Waals surface area contributed by atoms with Crippen molar-refractivity contribution in [3.63, 3.8) is 0 Å². The summed E-state index contributed by atoms with van der Waals surface area (Å²) in [5.74, 6) is 2.12. The van der Waals surface area contributed by atoms with Gasteiger partial charge in [0.1, 0.15) is 0 Å². The van der Waals surface area contributed by atoms with Crippen molar-refractivity contribution in [1.82, 2.24) is 4.90 Å². The number of hydrogen-bond acceptors (Lipinski definition) is 1. The number of rotatable bonds is 3. The number of halogens is 1. The van der Waals surface area contributed by atoms with Crippen LogP contribution in [0.15, 0.2) is 0 Å². The van der Waals surface area contributed by atoms with Crippen LogP contribution in [0.4, 0.5) is 0 Å². The van der Waals surface area contributed by atoms with Crippen molar-refractivity contribution in [3.05, 3.63) is 0 Å². The molecule has 3 aliphatic rings. The average Bonchev–Trinajstić information content (AvgIpc) is 2.73. The van der Waals surface area contributed by atoms with E-state index >= 15 is 0 Å². The first kappa shape index (κ1) is 15.3. The van der Waals surface area contributed by atoms with Crippen molar-refractivity contribution < 1.29 is 0 Å². The molecule has 0 spiro atoms. The summed E-state index contributed by atoms with van der Waals surface area (Å²) in [6.07, 6.45) is 16.3. The second-order valence-corrected chi connectivity index (χ2v) is 8.44. The molecule has 0 radical (unpaired) electrons. The SMILES string of the molecule is BrCC1(CN2CCC3CCCCC3C2)CCCCCC1. The fourth-order valence-corrected chi connectivity index (χ4v) is 5.84. The molecule has 1 heterocycles. The van der Waals surface area contributed by atoms with E-state index in [2.05, 4.69) is 20.8 Å². The lowest BCUT2D eigenvalue weighted by atomic mass is 9.74. The first-order chi connectivity index (χ1) is 9.81. The van der Waals surface area contributed by atoms with Crippen LogP contribution < -0.4 is 0 Å². The summed E-state index contributed by atoms with van der Waals surface area (Å²) in [6, 6.07) is 0. The topological polar surface area (TPSA) is 3.24 Å². The molecule has 1 aliphatic heterocycles. The highest BCUT2D eigenvalue weighted by molar-refractivity contribution is 9.09. The zero-order chi connectivity index (χ0) is 13.8. The molecule has 1 saturated heterocycles. The number of fused-ring (bicyclic) bond motifs is 1.